The van der Waals surface area contributed by atoms with Crippen LogP contribution in [-0.2, 0) is 6.18 Å². The molecule has 0 aliphatic rings. The average Bonchev–Trinajstić information content (AvgIpc) is 2.61. The molecule has 0 radical (unpaired) electrons. The number of aromatic nitrogens is 1. The van der Waals surface area contributed by atoms with Gasteiger partial charge in [0, 0.05) is 16.1 Å². The van der Waals surface area contributed by atoms with E-state index < -0.39 is 17.7 Å². The molecular weight excluding hydrogens is 367 g/mol. The Bertz CT molecular complexity index is 969. The monoisotopic (exact) mass is 377 g/mol. The van der Waals surface area contributed by atoms with Crippen molar-refractivity contribution in [2.75, 3.05) is 0 Å². The van der Waals surface area contributed by atoms with Gasteiger partial charge in [-0.05, 0) is 36.4 Å². The second kappa shape index (κ2) is 6.80. The van der Waals surface area contributed by atoms with E-state index in [1.165, 1.54) is 24.3 Å². The molecule has 0 unspecified atom stereocenters. The van der Waals surface area contributed by atoms with Gasteiger partial charge < -0.3 is 5.11 Å². The first-order valence-electron chi connectivity index (χ1n) is 7.43. The smallest absolute Gasteiger partial charge is 0.416 e. The maximum Gasteiger partial charge on any atom is 0.416 e. The van der Waals surface area contributed by atoms with Gasteiger partial charge in [0.25, 0.3) is 0 Å². The Morgan fingerprint density at radius 1 is 0.923 bits per heavy atom. The molecule has 0 atom stereocenters. The van der Waals surface area contributed by atoms with Crippen LogP contribution in [-0.4, -0.2) is 16.1 Å². The average molecular weight is 378 g/mol. The zero-order valence-electron chi connectivity index (χ0n) is 13.1. The van der Waals surface area contributed by atoms with Gasteiger partial charge in [-0.25, -0.2) is 9.78 Å². The van der Waals surface area contributed by atoms with Crippen molar-refractivity contribution in [1.82, 2.24) is 4.98 Å². The molecule has 2 aromatic carbocycles. The number of halogens is 4. The van der Waals surface area contributed by atoms with E-state index in [0.717, 1.165) is 12.1 Å². The summed E-state index contributed by atoms with van der Waals surface area (Å²) in [5, 5.41) is 9.83. The number of alkyl halides is 3. The van der Waals surface area contributed by atoms with Crippen molar-refractivity contribution in [3.8, 4) is 22.5 Å². The van der Waals surface area contributed by atoms with Crippen LogP contribution in [0.25, 0.3) is 22.5 Å². The van der Waals surface area contributed by atoms with E-state index in [1.54, 1.807) is 24.3 Å². The van der Waals surface area contributed by atoms with Crippen LogP contribution in [0.5, 0.6) is 0 Å². The standard InChI is InChI=1S/C19H11ClF3NO2/c20-15-6-4-11(5-7-15)16-9-13(18(25)26)10-17(24-16)12-2-1-3-14(8-12)19(21,22)23/h1-10H,(H,25,26). The Hall–Kier alpha value is -2.86. The molecule has 0 fully saturated rings. The zero-order chi connectivity index (χ0) is 18.9. The van der Waals surface area contributed by atoms with Crippen molar-refractivity contribution in [3.05, 3.63) is 76.8 Å². The van der Waals surface area contributed by atoms with Crippen LogP contribution in [0, 0.1) is 0 Å². The van der Waals surface area contributed by atoms with E-state index in [4.69, 9.17) is 11.6 Å². The third-order valence-electron chi connectivity index (χ3n) is 3.70. The normalized spacial score (nSPS) is 11.4. The first kappa shape index (κ1) is 17.9. The molecule has 1 N–H and O–H groups in total. The maximum absolute atomic E-state index is 12.9. The number of carbonyl (C=O) groups is 1. The fourth-order valence-electron chi connectivity index (χ4n) is 2.43. The molecule has 7 heteroatoms. The van der Waals surface area contributed by atoms with Crippen molar-refractivity contribution in [3.63, 3.8) is 0 Å². The van der Waals surface area contributed by atoms with Crippen LogP contribution in [0.3, 0.4) is 0 Å². The molecular formula is C19H11ClF3NO2. The van der Waals surface area contributed by atoms with Crippen LogP contribution in [0.4, 0.5) is 13.2 Å². The van der Waals surface area contributed by atoms with E-state index in [9.17, 15) is 23.1 Å². The lowest BCUT2D eigenvalue weighted by Gasteiger charge is -2.11. The summed E-state index contributed by atoms with van der Waals surface area (Å²) in [5.41, 5.74) is 0.349. The van der Waals surface area contributed by atoms with E-state index in [-0.39, 0.29) is 16.8 Å². The summed E-state index contributed by atoms with van der Waals surface area (Å²) in [7, 11) is 0. The fraction of sp³-hybridized carbons (Fsp3) is 0.0526. The third kappa shape index (κ3) is 3.86. The van der Waals surface area contributed by atoms with E-state index in [1.807, 2.05) is 0 Å². The summed E-state index contributed by atoms with van der Waals surface area (Å²) in [6.07, 6.45) is -4.50. The Balaban J connectivity index is 2.16. The van der Waals surface area contributed by atoms with Gasteiger partial charge in [0.05, 0.1) is 22.5 Å². The number of benzene rings is 2. The van der Waals surface area contributed by atoms with Crippen LogP contribution < -0.4 is 0 Å². The SMILES string of the molecule is O=C(O)c1cc(-c2ccc(Cl)cc2)nc(-c2cccc(C(F)(F)F)c2)c1. The minimum Gasteiger partial charge on any atom is -0.478 e. The lowest BCUT2D eigenvalue weighted by Crippen LogP contribution is -2.05. The predicted molar refractivity (Wildman–Crippen MR) is 92.1 cm³/mol. The first-order valence-corrected chi connectivity index (χ1v) is 7.81. The maximum atomic E-state index is 12.9. The molecule has 0 aliphatic heterocycles. The summed E-state index contributed by atoms with van der Waals surface area (Å²) in [6.45, 7) is 0. The number of pyridine rings is 1. The molecule has 0 saturated heterocycles. The van der Waals surface area contributed by atoms with Crippen molar-refractivity contribution in [1.29, 1.82) is 0 Å². The molecule has 3 aromatic rings. The molecule has 3 rings (SSSR count). The summed E-state index contributed by atoms with van der Waals surface area (Å²) >= 11 is 5.85. The van der Waals surface area contributed by atoms with Gasteiger partial charge in [-0.2, -0.15) is 13.2 Å². The highest BCUT2D eigenvalue weighted by molar-refractivity contribution is 6.30. The van der Waals surface area contributed by atoms with E-state index in [0.29, 0.717) is 16.3 Å². The molecule has 26 heavy (non-hydrogen) atoms. The fourth-order valence-corrected chi connectivity index (χ4v) is 2.55. The second-order valence-electron chi connectivity index (χ2n) is 5.52. The van der Waals surface area contributed by atoms with Gasteiger partial charge in [-0.15, -0.1) is 0 Å². The summed E-state index contributed by atoms with van der Waals surface area (Å²) in [4.78, 5) is 15.8. The highest BCUT2D eigenvalue weighted by Gasteiger charge is 2.30. The Kier molecular flexibility index (Phi) is 4.70. The predicted octanol–water partition coefficient (Wildman–Crippen LogP) is 5.79. The van der Waals surface area contributed by atoms with Crippen LogP contribution >= 0.6 is 11.6 Å². The molecule has 3 nitrogen and oxygen atoms in total. The van der Waals surface area contributed by atoms with Crippen molar-refractivity contribution in [2.24, 2.45) is 0 Å². The topological polar surface area (TPSA) is 50.2 Å². The highest BCUT2D eigenvalue weighted by Crippen LogP contribution is 2.32. The quantitative estimate of drug-likeness (QED) is 0.628. The Morgan fingerprint density at radius 2 is 1.54 bits per heavy atom. The van der Waals surface area contributed by atoms with Crippen molar-refractivity contribution in [2.45, 2.75) is 6.18 Å². The third-order valence-corrected chi connectivity index (χ3v) is 3.95. The van der Waals surface area contributed by atoms with E-state index in [2.05, 4.69) is 4.98 Å². The van der Waals surface area contributed by atoms with Crippen molar-refractivity contribution >= 4 is 17.6 Å². The zero-order valence-corrected chi connectivity index (χ0v) is 13.8. The van der Waals surface area contributed by atoms with Gasteiger partial charge >= 0.3 is 12.1 Å². The molecule has 0 spiro atoms. The molecule has 132 valence electrons. The molecule has 0 amide bonds. The van der Waals surface area contributed by atoms with Gasteiger partial charge in [-0.3, -0.25) is 0 Å². The van der Waals surface area contributed by atoms with Crippen molar-refractivity contribution < 1.29 is 23.1 Å². The lowest BCUT2D eigenvalue weighted by atomic mass is 10.0. The summed E-state index contributed by atoms with van der Waals surface area (Å²) in [5.74, 6) is -1.20. The van der Waals surface area contributed by atoms with Crippen LogP contribution in [0.1, 0.15) is 15.9 Å². The highest BCUT2D eigenvalue weighted by atomic mass is 35.5. The van der Waals surface area contributed by atoms with E-state index >= 15 is 0 Å². The molecule has 0 aliphatic carbocycles. The Labute approximate surface area is 151 Å². The van der Waals surface area contributed by atoms with Gasteiger partial charge in [0.1, 0.15) is 0 Å². The van der Waals surface area contributed by atoms with Gasteiger partial charge in [-0.1, -0.05) is 35.9 Å². The van der Waals surface area contributed by atoms with Crippen LogP contribution in [0.15, 0.2) is 60.7 Å². The summed E-state index contributed by atoms with van der Waals surface area (Å²) < 4.78 is 38.8. The minimum absolute atomic E-state index is 0.0719. The number of hydrogen-bond donors (Lipinski definition) is 1. The lowest BCUT2D eigenvalue weighted by molar-refractivity contribution is -0.137. The second-order valence-corrected chi connectivity index (χ2v) is 5.95. The van der Waals surface area contributed by atoms with Gasteiger partial charge in [0.2, 0.25) is 0 Å². The van der Waals surface area contributed by atoms with Gasteiger partial charge in [0.15, 0.2) is 0 Å². The largest absolute Gasteiger partial charge is 0.478 e. The molecule has 0 saturated carbocycles. The summed E-state index contributed by atoms with van der Waals surface area (Å²) in [6, 6.07) is 13.8. The number of aromatic carboxylic acids is 1. The Morgan fingerprint density at radius 3 is 2.12 bits per heavy atom. The number of carboxylic acid groups (broad SMARTS) is 1. The minimum atomic E-state index is -4.50. The number of carboxylic acids is 1. The van der Waals surface area contributed by atoms with Crippen LogP contribution in [0.2, 0.25) is 5.02 Å². The molecule has 0 bridgehead atoms. The number of rotatable bonds is 3. The number of hydrogen-bond acceptors (Lipinski definition) is 2. The molecule has 1 aromatic heterocycles. The first-order chi connectivity index (χ1) is 12.2. The number of nitrogens with zero attached hydrogens (tertiary/aromatic N) is 1. The molecule has 1 heterocycles.